The first-order valence-electron chi connectivity index (χ1n) is 5.03. The molecule has 1 rings (SSSR count). The minimum atomic E-state index is -2.40. The summed E-state index contributed by atoms with van der Waals surface area (Å²) in [5, 5.41) is 0. The third kappa shape index (κ3) is 6.11. The molecule has 6 heteroatoms. The number of hydrogen-bond acceptors (Lipinski definition) is 1. The van der Waals surface area contributed by atoms with Crippen molar-refractivity contribution >= 4 is 29.9 Å². The average Bonchev–Trinajstić information content (AvgIpc) is 2.42. The van der Waals surface area contributed by atoms with Gasteiger partial charge in [0.2, 0.25) is 0 Å². The van der Waals surface area contributed by atoms with Crippen molar-refractivity contribution in [1.29, 1.82) is 0 Å². The van der Waals surface area contributed by atoms with Gasteiger partial charge in [0, 0.05) is 13.1 Å². The Hall–Kier alpha value is -0.140. The lowest BCUT2D eigenvalue weighted by molar-refractivity contribution is 0.158. The van der Waals surface area contributed by atoms with E-state index in [1.54, 1.807) is 0 Å². The van der Waals surface area contributed by atoms with Gasteiger partial charge in [-0.25, -0.2) is 13.8 Å². The molecule has 0 amide bonds. The van der Waals surface area contributed by atoms with Crippen LogP contribution in [0.2, 0.25) is 0 Å². The van der Waals surface area contributed by atoms with Crippen molar-refractivity contribution in [2.24, 2.45) is 10.7 Å². The highest BCUT2D eigenvalue weighted by Gasteiger charge is 2.11. The van der Waals surface area contributed by atoms with Crippen LogP contribution >= 0.6 is 24.0 Å². The molecule has 15 heavy (non-hydrogen) atoms. The first kappa shape index (κ1) is 14.9. The van der Waals surface area contributed by atoms with Gasteiger partial charge in [-0.15, -0.1) is 24.0 Å². The van der Waals surface area contributed by atoms with Crippen molar-refractivity contribution in [1.82, 2.24) is 4.90 Å². The van der Waals surface area contributed by atoms with Crippen LogP contribution < -0.4 is 5.73 Å². The van der Waals surface area contributed by atoms with Gasteiger partial charge in [0.25, 0.3) is 6.43 Å². The molecule has 0 spiro atoms. The maximum absolute atomic E-state index is 11.9. The zero-order chi connectivity index (χ0) is 10.4. The van der Waals surface area contributed by atoms with Crippen molar-refractivity contribution in [3.8, 4) is 0 Å². The minimum Gasteiger partial charge on any atom is -0.370 e. The third-order valence-corrected chi connectivity index (χ3v) is 2.32. The molecule has 1 fully saturated rings. The van der Waals surface area contributed by atoms with Crippen molar-refractivity contribution in [2.75, 3.05) is 19.6 Å². The number of alkyl halides is 2. The highest BCUT2D eigenvalue weighted by Crippen LogP contribution is 2.09. The second-order valence-corrected chi connectivity index (χ2v) is 3.49. The van der Waals surface area contributed by atoms with E-state index in [9.17, 15) is 8.78 Å². The largest absolute Gasteiger partial charge is 0.370 e. The van der Waals surface area contributed by atoms with Gasteiger partial charge >= 0.3 is 0 Å². The minimum absolute atomic E-state index is 0. The number of rotatable bonds is 2. The fourth-order valence-electron chi connectivity index (χ4n) is 1.56. The van der Waals surface area contributed by atoms with Crippen LogP contribution in [0.25, 0.3) is 0 Å². The second-order valence-electron chi connectivity index (χ2n) is 3.49. The monoisotopic (exact) mass is 333 g/mol. The zero-order valence-electron chi connectivity index (χ0n) is 8.66. The summed E-state index contributed by atoms with van der Waals surface area (Å²) in [6, 6.07) is 0. The maximum atomic E-state index is 11.9. The van der Waals surface area contributed by atoms with E-state index in [2.05, 4.69) is 4.99 Å². The van der Waals surface area contributed by atoms with E-state index in [4.69, 9.17) is 5.73 Å². The second kappa shape index (κ2) is 8.06. The molecule has 0 bridgehead atoms. The summed E-state index contributed by atoms with van der Waals surface area (Å²) in [7, 11) is 0. The van der Waals surface area contributed by atoms with Crippen molar-refractivity contribution < 1.29 is 8.78 Å². The lowest BCUT2D eigenvalue weighted by Gasteiger charge is -2.20. The van der Waals surface area contributed by atoms with Crippen molar-refractivity contribution in [3.63, 3.8) is 0 Å². The van der Waals surface area contributed by atoms with E-state index < -0.39 is 13.0 Å². The van der Waals surface area contributed by atoms with Crippen LogP contribution in [0.4, 0.5) is 8.78 Å². The molecule has 2 N–H and O–H groups in total. The first-order valence-corrected chi connectivity index (χ1v) is 5.03. The molecule has 0 aromatic rings. The van der Waals surface area contributed by atoms with E-state index in [0.29, 0.717) is 0 Å². The highest BCUT2D eigenvalue weighted by atomic mass is 127. The molecule has 1 aliphatic rings. The summed E-state index contributed by atoms with van der Waals surface area (Å²) in [5.74, 6) is 0.271. The van der Waals surface area contributed by atoms with Gasteiger partial charge in [0.15, 0.2) is 5.96 Å². The van der Waals surface area contributed by atoms with E-state index in [-0.39, 0.29) is 29.9 Å². The molecule has 1 aliphatic heterocycles. The molecule has 0 aliphatic carbocycles. The molecule has 0 unspecified atom stereocenters. The van der Waals surface area contributed by atoms with Crippen LogP contribution in [-0.2, 0) is 0 Å². The lowest BCUT2D eigenvalue weighted by Crippen LogP contribution is -2.38. The van der Waals surface area contributed by atoms with Gasteiger partial charge in [-0.1, -0.05) is 12.8 Å². The van der Waals surface area contributed by atoms with Gasteiger partial charge < -0.3 is 10.6 Å². The zero-order valence-corrected chi connectivity index (χ0v) is 11.0. The summed E-state index contributed by atoms with van der Waals surface area (Å²) in [5.41, 5.74) is 5.61. The topological polar surface area (TPSA) is 41.6 Å². The van der Waals surface area contributed by atoms with E-state index in [1.807, 2.05) is 4.90 Å². The van der Waals surface area contributed by atoms with Gasteiger partial charge in [-0.05, 0) is 12.8 Å². The van der Waals surface area contributed by atoms with Gasteiger partial charge in [0.1, 0.15) is 6.54 Å². The van der Waals surface area contributed by atoms with E-state index in [0.717, 1.165) is 25.9 Å². The van der Waals surface area contributed by atoms with Crippen LogP contribution in [0.3, 0.4) is 0 Å². The van der Waals surface area contributed by atoms with Crippen molar-refractivity contribution in [3.05, 3.63) is 0 Å². The Labute approximate surface area is 106 Å². The number of halogens is 3. The smallest absolute Gasteiger partial charge is 0.257 e. The number of guanidine groups is 1. The standard InChI is InChI=1S/C9H17F2N3.HI/c10-8(11)7-13-9(12)14-5-3-1-2-4-6-14;/h8H,1-7H2,(H2,12,13);1H. The van der Waals surface area contributed by atoms with Crippen LogP contribution in [0.5, 0.6) is 0 Å². The van der Waals surface area contributed by atoms with Crippen molar-refractivity contribution in [2.45, 2.75) is 32.1 Å². The summed E-state index contributed by atoms with van der Waals surface area (Å²) >= 11 is 0. The summed E-state index contributed by atoms with van der Waals surface area (Å²) in [6.45, 7) is 1.21. The third-order valence-electron chi connectivity index (χ3n) is 2.32. The Bertz CT molecular complexity index is 192. The van der Waals surface area contributed by atoms with Crippen LogP contribution in [0, 0.1) is 0 Å². The Morgan fingerprint density at radius 1 is 1.20 bits per heavy atom. The van der Waals surface area contributed by atoms with Crippen LogP contribution in [-0.4, -0.2) is 36.9 Å². The predicted octanol–water partition coefficient (Wildman–Crippen LogP) is 2.06. The molecule has 90 valence electrons. The molecule has 0 atom stereocenters. The number of hydrogen-bond donors (Lipinski definition) is 1. The van der Waals surface area contributed by atoms with Crippen LogP contribution in [0.1, 0.15) is 25.7 Å². The Balaban J connectivity index is 0.00000196. The molecular weight excluding hydrogens is 315 g/mol. The first-order chi connectivity index (χ1) is 6.70. The SMILES string of the molecule is I.NC(=NCC(F)F)N1CCCCCC1. The number of nitrogens with two attached hydrogens (primary N) is 1. The van der Waals surface area contributed by atoms with E-state index in [1.165, 1.54) is 12.8 Å². The Kier molecular flexibility index (Phi) is 7.99. The summed E-state index contributed by atoms with van der Waals surface area (Å²) < 4.78 is 23.7. The number of likely N-dealkylation sites (tertiary alicyclic amines) is 1. The molecule has 0 saturated carbocycles. The molecule has 0 aromatic carbocycles. The average molecular weight is 333 g/mol. The molecule has 1 saturated heterocycles. The van der Waals surface area contributed by atoms with Gasteiger partial charge in [-0.2, -0.15) is 0 Å². The van der Waals surface area contributed by atoms with Gasteiger partial charge in [0.05, 0.1) is 0 Å². The number of nitrogens with zero attached hydrogens (tertiary/aromatic N) is 2. The molecular formula is C9H18F2IN3. The summed E-state index contributed by atoms with van der Waals surface area (Å²) in [6.07, 6.45) is 2.13. The molecule has 1 heterocycles. The molecule has 0 aromatic heterocycles. The maximum Gasteiger partial charge on any atom is 0.257 e. The summed E-state index contributed by atoms with van der Waals surface area (Å²) in [4.78, 5) is 5.56. The predicted molar refractivity (Wildman–Crippen MR) is 67.9 cm³/mol. The van der Waals surface area contributed by atoms with Gasteiger partial charge in [-0.3, -0.25) is 0 Å². The Morgan fingerprint density at radius 2 is 1.73 bits per heavy atom. The highest BCUT2D eigenvalue weighted by molar-refractivity contribution is 14.0. The number of aliphatic imine (C=N–C) groups is 1. The fraction of sp³-hybridized carbons (Fsp3) is 0.889. The molecule has 3 nitrogen and oxygen atoms in total. The quantitative estimate of drug-likeness (QED) is 0.478. The Morgan fingerprint density at radius 3 is 2.20 bits per heavy atom. The van der Waals surface area contributed by atoms with Crippen LogP contribution in [0.15, 0.2) is 4.99 Å². The molecule has 0 radical (unpaired) electrons. The fourth-order valence-corrected chi connectivity index (χ4v) is 1.56. The lowest BCUT2D eigenvalue weighted by atomic mass is 10.2. The van der Waals surface area contributed by atoms with E-state index >= 15 is 0 Å². The normalized spacial score (nSPS) is 18.6.